The second-order valence-corrected chi connectivity index (χ2v) is 11.3. The molecule has 41 heavy (non-hydrogen) atoms. The van der Waals surface area contributed by atoms with Crippen LogP contribution in [-0.4, -0.2) is 51.5 Å². The van der Waals surface area contributed by atoms with Gasteiger partial charge in [-0.1, -0.05) is 17.7 Å². The van der Waals surface area contributed by atoms with E-state index in [4.69, 9.17) is 16.3 Å². The fourth-order valence-corrected chi connectivity index (χ4v) is 5.73. The minimum atomic E-state index is -0.304. The number of aromatic nitrogens is 4. The molecule has 1 aliphatic rings. The molecule has 5 heterocycles. The summed E-state index contributed by atoms with van der Waals surface area (Å²) in [6.45, 7) is 3.77. The van der Waals surface area contributed by atoms with E-state index in [9.17, 15) is 9.59 Å². The predicted octanol–water partition coefficient (Wildman–Crippen LogP) is 5.01. The van der Waals surface area contributed by atoms with Gasteiger partial charge in [-0.25, -0.2) is 0 Å². The Hall–Kier alpha value is -4.25. The Morgan fingerprint density at radius 1 is 1.02 bits per heavy atom. The number of carbonyl (C=O) groups excluding carboxylic acids is 1. The average Bonchev–Trinajstić information content (AvgIpc) is 3.64. The number of thiophene rings is 1. The second-order valence-electron chi connectivity index (χ2n) is 9.51. The van der Waals surface area contributed by atoms with Crippen LogP contribution >= 0.6 is 22.9 Å². The molecule has 0 amide bonds. The van der Waals surface area contributed by atoms with Crippen LogP contribution in [-0.2, 0) is 17.8 Å². The first-order valence-corrected chi connectivity index (χ1v) is 14.4. The highest BCUT2D eigenvalue weighted by atomic mass is 35.5. The van der Waals surface area contributed by atoms with Crippen LogP contribution in [0.3, 0.4) is 0 Å². The molecule has 208 valence electrons. The van der Waals surface area contributed by atoms with Crippen LogP contribution in [0.5, 0.6) is 0 Å². The third-order valence-corrected chi connectivity index (χ3v) is 8.05. The molecule has 0 aliphatic carbocycles. The molecule has 0 unspecified atom stereocenters. The van der Waals surface area contributed by atoms with Crippen LogP contribution in [0.4, 0.5) is 11.5 Å². The third kappa shape index (κ3) is 6.09. The summed E-state index contributed by atoms with van der Waals surface area (Å²) in [7, 11) is 0. The largest absolute Gasteiger partial charge is 0.378 e. The maximum absolute atomic E-state index is 13.7. The van der Waals surface area contributed by atoms with Gasteiger partial charge in [-0.3, -0.25) is 14.6 Å². The van der Waals surface area contributed by atoms with Gasteiger partial charge in [0.05, 0.1) is 41.9 Å². The number of pyridine rings is 2. The highest BCUT2D eigenvalue weighted by Crippen LogP contribution is 2.25. The number of halogens is 1. The minimum absolute atomic E-state index is 0.221. The number of nitrogens with one attached hydrogen (secondary N) is 1. The molecule has 0 bridgehead atoms. The summed E-state index contributed by atoms with van der Waals surface area (Å²) in [6, 6.07) is 22.1. The molecule has 0 spiro atoms. The standard InChI is InChI=1S/C30H27ClN6O3S/c31-27-11-10-24(41-27)19-33-28-18-26(25-5-3-13-36(30(25)39)20-22-4-1-2-12-32-22)34-37(28)29(38)21-6-8-23(9-7-21)35-14-16-40-17-15-35/h1-13,18,33H,14-17,19-20H2. The van der Waals surface area contributed by atoms with Crippen LogP contribution in [0.2, 0.25) is 4.34 Å². The lowest BCUT2D eigenvalue weighted by Gasteiger charge is -2.28. The zero-order chi connectivity index (χ0) is 28.2. The summed E-state index contributed by atoms with van der Waals surface area (Å²) in [5, 5.41) is 7.93. The number of carbonyl (C=O) groups is 1. The predicted molar refractivity (Wildman–Crippen MR) is 161 cm³/mol. The Labute approximate surface area is 245 Å². The summed E-state index contributed by atoms with van der Waals surface area (Å²) in [5.41, 5.74) is 2.86. The molecule has 0 saturated carbocycles. The van der Waals surface area contributed by atoms with Crippen molar-refractivity contribution >= 4 is 40.4 Å². The Kier molecular flexibility index (Phi) is 7.95. The van der Waals surface area contributed by atoms with Gasteiger partial charge >= 0.3 is 0 Å². The first-order valence-electron chi connectivity index (χ1n) is 13.2. The molecule has 1 aliphatic heterocycles. The topological polar surface area (TPSA) is 94.3 Å². The smallest absolute Gasteiger partial charge is 0.280 e. The van der Waals surface area contributed by atoms with Crippen molar-refractivity contribution in [1.82, 2.24) is 19.3 Å². The van der Waals surface area contributed by atoms with Gasteiger partial charge in [0.15, 0.2) is 0 Å². The van der Waals surface area contributed by atoms with Crippen molar-refractivity contribution in [1.29, 1.82) is 0 Å². The fraction of sp³-hybridized carbons (Fsp3) is 0.200. The molecular weight excluding hydrogens is 560 g/mol. The Bertz CT molecular complexity index is 1710. The SMILES string of the molecule is O=C(c1ccc(N2CCOCC2)cc1)n1nc(-c2cccn(Cc3ccccn3)c2=O)cc1NCc1ccc(Cl)s1. The Morgan fingerprint density at radius 2 is 1.85 bits per heavy atom. The zero-order valence-electron chi connectivity index (χ0n) is 22.1. The van der Waals surface area contributed by atoms with Gasteiger partial charge < -0.3 is 19.5 Å². The highest BCUT2D eigenvalue weighted by molar-refractivity contribution is 7.16. The molecule has 1 fully saturated rings. The van der Waals surface area contributed by atoms with E-state index in [1.165, 1.54) is 16.0 Å². The molecule has 6 rings (SSSR count). The number of benzene rings is 1. The first-order chi connectivity index (χ1) is 20.0. The van der Waals surface area contributed by atoms with E-state index in [-0.39, 0.29) is 11.5 Å². The summed E-state index contributed by atoms with van der Waals surface area (Å²) in [4.78, 5) is 34.7. The van der Waals surface area contributed by atoms with Gasteiger partial charge in [-0.05, 0) is 60.7 Å². The molecule has 4 aromatic heterocycles. The van der Waals surface area contributed by atoms with E-state index in [0.29, 0.717) is 53.3 Å². The number of anilines is 2. The number of ether oxygens (including phenoxy) is 1. The van der Waals surface area contributed by atoms with Gasteiger partial charge in [0.2, 0.25) is 0 Å². The summed E-state index contributed by atoms with van der Waals surface area (Å²) in [6.07, 6.45) is 3.42. The van der Waals surface area contributed by atoms with Crippen molar-refractivity contribution in [3.8, 4) is 11.3 Å². The van der Waals surface area contributed by atoms with E-state index < -0.39 is 0 Å². The van der Waals surface area contributed by atoms with Crippen molar-refractivity contribution in [2.24, 2.45) is 0 Å². The Morgan fingerprint density at radius 3 is 2.59 bits per heavy atom. The molecule has 1 aromatic carbocycles. The number of rotatable bonds is 8. The normalized spacial score (nSPS) is 13.3. The average molecular weight is 587 g/mol. The first kappa shape index (κ1) is 26.9. The van der Waals surface area contributed by atoms with Crippen LogP contribution in [0.1, 0.15) is 20.9 Å². The highest BCUT2D eigenvalue weighted by Gasteiger charge is 2.20. The van der Waals surface area contributed by atoms with Gasteiger partial charge in [0.1, 0.15) is 11.5 Å². The Balaban J connectivity index is 1.32. The monoisotopic (exact) mass is 586 g/mol. The molecule has 1 saturated heterocycles. The molecule has 1 N–H and O–H groups in total. The van der Waals surface area contributed by atoms with E-state index in [0.717, 1.165) is 29.3 Å². The molecule has 9 nitrogen and oxygen atoms in total. The van der Waals surface area contributed by atoms with E-state index in [1.807, 2.05) is 42.5 Å². The summed E-state index contributed by atoms with van der Waals surface area (Å²) < 4.78 is 9.04. The van der Waals surface area contributed by atoms with Crippen molar-refractivity contribution in [2.45, 2.75) is 13.1 Å². The van der Waals surface area contributed by atoms with Crippen LogP contribution < -0.4 is 15.8 Å². The number of hydrogen-bond donors (Lipinski definition) is 1. The summed E-state index contributed by atoms with van der Waals surface area (Å²) >= 11 is 7.57. The lowest BCUT2D eigenvalue weighted by atomic mass is 10.1. The zero-order valence-corrected chi connectivity index (χ0v) is 23.6. The molecular formula is C30H27ClN6O3S. The molecule has 5 aromatic rings. The van der Waals surface area contributed by atoms with Crippen LogP contribution in [0, 0.1) is 0 Å². The van der Waals surface area contributed by atoms with E-state index in [2.05, 4.69) is 20.3 Å². The lowest BCUT2D eigenvalue weighted by Crippen LogP contribution is -2.36. The number of nitrogens with zero attached hydrogens (tertiary/aromatic N) is 5. The molecule has 0 radical (unpaired) electrons. The lowest BCUT2D eigenvalue weighted by molar-refractivity contribution is 0.0947. The van der Waals surface area contributed by atoms with Gasteiger partial charge in [0.25, 0.3) is 11.5 Å². The van der Waals surface area contributed by atoms with Gasteiger partial charge in [-0.15, -0.1) is 11.3 Å². The van der Waals surface area contributed by atoms with E-state index in [1.54, 1.807) is 47.3 Å². The third-order valence-electron chi connectivity index (χ3n) is 6.82. The number of morpholine rings is 1. The van der Waals surface area contributed by atoms with Crippen molar-refractivity contribution in [3.63, 3.8) is 0 Å². The van der Waals surface area contributed by atoms with Crippen LogP contribution in [0.15, 0.2) is 90.0 Å². The number of hydrogen-bond acceptors (Lipinski definition) is 8. The summed E-state index contributed by atoms with van der Waals surface area (Å²) in [5.74, 6) is 0.174. The van der Waals surface area contributed by atoms with Gasteiger partial charge in [-0.2, -0.15) is 9.78 Å². The quantitative estimate of drug-likeness (QED) is 0.273. The van der Waals surface area contributed by atoms with Gasteiger partial charge in [0, 0.05) is 47.7 Å². The van der Waals surface area contributed by atoms with Crippen molar-refractivity contribution < 1.29 is 9.53 Å². The van der Waals surface area contributed by atoms with Crippen molar-refractivity contribution in [3.05, 3.63) is 116 Å². The second kappa shape index (κ2) is 12.1. The maximum atomic E-state index is 13.7. The van der Waals surface area contributed by atoms with Crippen molar-refractivity contribution in [2.75, 3.05) is 36.5 Å². The van der Waals surface area contributed by atoms with Crippen LogP contribution in [0.25, 0.3) is 11.3 Å². The minimum Gasteiger partial charge on any atom is -0.378 e. The molecule has 11 heteroatoms. The molecule has 0 atom stereocenters. The van der Waals surface area contributed by atoms with E-state index >= 15 is 0 Å². The maximum Gasteiger partial charge on any atom is 0.280 e. The fourth-order valence-electron chi connectivity index (χ4n) is 4.70.